The van der Waals surface area contributed by atoms with Gasteiger partial charge in [-0.3, -0.25) is 4.79 Å². The third kappa shape index (κ3) is 8.51. The van der Waals surface area contributed by atoms with Gasteiger partial charge in [-0.25, -0.2) is 0 Å². The van der Waals surface area contributed by atoms with E-state index < -0.39 is 16.6 Å². The van der Waals surface area contributed by atoms with E-state index in [4.69, 9.17) is 18.3 Å². The Morgan fingerprint density at radius 1 is 1.00 bits per heavy atom. The van der Waals surface area contributed by atoms with Crippen LogP contribution < -0.4 is 9.16 Å². The number of hydrogen-bond acceptors (Lipinski definition) is 5. The second-order valence-electron chi connectivity index (χ2n) is 7.57. The molecule has 0 N–H and O–H groups in total. The lowest BCUT2D eigenvalue weighted by Gasteiger charge is -2.21. The van der Waals surface area contributed by atoms with Crippen LogP contribution in [0.1, 0.15) is 12.0 Å². The monoisotopic (exact) mass is 370 g/mol. The van der Waals surface area contributed by atoms with Crippen molar-refractivity contribution in [2.75, 3.05) is 13.7 Å². The molecular formula is C17H30O5Si2. The summed E-state index contributed by atoms with van der Waals surface area (Å²) in [5, 5.41) is 0. The van der Waals surface area contributed by atoms with Gasteiger partial charge in [0.05, 0.1) is 13.5 Å². The fourth-order valence-electron chi connectivity index (χ4n) is 1.89. The predicted molar refractivity (Wildman–Crippen MR) is 101 cm³/mol. The quantitative estimate of drug-likeness (QED) is 0.482. The molecule has 24 heavy (non-hydrogen) atoms. The lowest BCUT2D eigenvalue weighted by Crippen LogP contribution is -2.29. The van der Waals surface area contributed by atoms with E-state index in [1.807, 2.05) is 18.2 Å². The van der Waals surface area contributed by atoms with Gasteiger partial charge in [-0.15, -0.1) is 0 Å². The minimum absolute atomic E-state index is 0.218. The highest BCUT2D eigenvalue weighted by Crippen LogP contribution is 2.30. The third-order valence-corrected chi connectivity index (χ3v) is 4.79. The summed E-state index contributed by atoms with van der Waals surface area (Å²) < 4.78 is 22.3. The highest BCUT2D eigenvalue weighted by atomic mass is 28.4. The standard InChI is InChI=1S/C17H30O5Si2/c1-19-16-12-14(8-9-15(16)22-24(5,6)7)13-20-17(18)10-11-21-23(2,3)4/h8-9,12H,10-11,13H2,1-7H3. The smallest absolute Gasteiger partial charge is 0.308 e. The van der Waals surface area contributed by atoms with E-state index in [9.17, 15) is 4.79 Å². The van der Waals surface area contributed by atoms with Crippen molar-refractivity contribution >= 4 is 22.6 Å². The van der Waals surface area contributed by atoms with Crippen molar-refractivity contribution in [2.24, 2.45) is 0 Å². The topological polar surface area (TPSA) is 54.0 Å². The molecule has 0 aliphatic rings. The molecule has 136 valence electrons. The van der Waals surface area contributed by atoms with Crippen molar-refractivity contribution in [2.45, 2.75) is 52.3 Å². The van der Waals surface area contributed by atoms with Crippen molar-refractivity contribution in [1.29, 1.82) is 0 Å². The molecule has 0 saturated heterocycles. The van der Waals surface area contributed by atoms with Crippen molar-refractivity contribution in [3.63, 3.8) is 0 Å². The van der Waals surface area contributed by atoms with Gasteiger partial charge in [-0.1, -0.05) is 6.07 Å². The van der Waals surface area contributed by atoms with E-state index >= 15 is 0 Å². The van der Waals surface area contributed by atoms with Crippen LogP contribution in [0.15, 0.2) is 18.2 Å². The van der Waals surface area contributed by atoms with E-state index in [0.29, 0.717) is 12.4 Å². The molecule has 5 nitrogen and oxygen atoms in total. The molecule has 0 atom stereocenters. The first-order valence-electron chi connectivity index (χ1n) is 8.16. The Morgan fingerprint density at radius 2 is 1.67 bits per heavy atom. The largest absolute Gasteiger partial charge is 0.542 e. The van der Waals surface area contributed by atoms with Gasteiger partial charge in [0.15, 0.2) is 14.1 Å². The van der Waals surface area contributed by atoms with Gasteiger partial charge in [-0.2, -0.15) is 0 Å². The Labute approximate surface area is 147 Å². The fraction of sp³-hybridized carbons (Fsp3) is 0.588. The maximum absolute atomic E-state index is 11.8. The van der Waals surface area contributed by atoms with Crippen LogP contribution in [0.3, 0.4) is 0 Å². The van der Waals surface area contributed by atoms with E-state index in [2.05, 4.69) is 39.3 Å². The summed E-state index contributed by atoms with van der Waals surface area (Å²) in [6.45, 7) is 13.3. The van der Waals surface area contributed by atoms with Crippen LogP contribution in [0.25, 0.3) is 0 Å². The van der Waals surface area contributed by atoms with Crippen LogP contribution in [-0.4, -0.2) is 36.3 Å². The number of benzene rings is 1. The molecule has 0 aromatic heterocycles. The second kappa shape index (κ2) is 8.68. The highest BCUT2D eigenvalue weighted by Gasteiger charge is 2.19. The van der Waals surface area contributed by atoms with Crippen LogP contribution in [0.2, 0.25) is 39.3 Å². The maximum atomic E-state index is 11.8. The zero-order chi connectivity index (χ0) is 18.4. The summed E-state index contributed by atoms with van der Waals surface area (Å²) in [6, 6.07) is 5.61. The highest BCUT2D eigenvalue weighted by molar-refractivity contribution is 6.70. The maximum Gasteiger partial charge on any atom is 0.308 e. The number of carbonyl (C=O) groups excluding carboxylic acids is 1. The van der Waals surface area contributed by atoms with Gasteiger partial charge < -0.3 is 18.3 Å². The average molecular weight is 371 g/mol. The van der Waals surface area contributed by atoms with E-state index in [0.717, 1.165) is 11.3 Å². The summed E-state index contributed by atoms with van der Waals surface area (Å²) in [5.74, 6) is 1.14. The summed E-state index contributed by atoms with van der Waals surface area (Å²) in [6.07, 6.45) is 0.276. The van der Waals surface area contributed by atoms with Crippen LogP contribution in [0, 0.1) is 0 Å². The molecule has 0 heterocycles. The van der Waals surface area contributed by atoms with Crippen molar-refractivity contribution in [3.8, 4) is 11.5 Å². The number of esters is 1. The summed E-state index contributed by atoms with van der Waals surface area (Å²) in [4.78, 5) is 11.8. The van der Waals surface area contributed by atoms with Gasteiger partial charge in [-0.05, 0) is 57.0 Å². The lowest BCUT2D eigenvalue weighted by molar-refractivity contribution is -0.145. The Balaban J connectivity index is 2.55. The first kappa shape index (κ1) is 20.7. The number of carbonyl (C=O) groups is 1. The molecule has 0 spiro atoms. The molecule has 0 aliphatic carbocycles. The van der Waals surface area contributed by atoms with Crippen LogP contribution in [0.5, 0.6) is 11.5 Å². The lowest BCUT2D eigenvalue weighted by atomic mass is 10.2. The molecule has 1 aromatic rings. The fourth-order valence-corrected chi connectivity index (χ4v) is 3.44. The van der Waals surface area contributed by atoms with Gasteiger partial charge in [0.1, 0.15) is 12.4 Å². The molecule has 0 amide bonds. The van der Waals surface area contributed by atoms with Crippen LogP contribution >= 0.6 is 0 Å². The van der Waals surface area contributed by atoms with E-state index in [1.165, 1.54) is 0 Å². The minimum Gasteiger partial charge on any atom is -0.542 e. The molecule has 0 bridgehead atoms. The minimum atomic E-state index is -1.71. The number of hydrogen-bond donors (Lipinski definition) is 0. The normalized spacial score (nSPS) is 12.0. The van der Waals surface area contributed by atoms with Gasteiger partial charge in [0.2, 0.25) is 8.32 Å². The molecule has 0 saturated carbocycles. The SMILES string of the molecule is COc1cc(COC(=O)CCO[Si](C)(C)C)ccc1O[Si](C)(C)C. The predicted octanol–water partition coefficient (Wildman–Crippen LogP) is 4.19. The van der Waals surface area contributed by atoms with Crippen LogP contribution in [-0.2, 0) is 20.6 Å². The van der Waals surface area contributed by atoms with Gasteiger partial charge >= 0.3 is 5.97 Å². The molecule has 0 fully saturated rings. The van der Waals surface area contributed by atoms with Gasteiger partial charge in [0, 0.05) is 6.61 Å². The zero-order valence-corrected chi connectivity index (χ0v) is 17.9. The third-order valence-electron chi connectivity index (χ3n) is 2.89. The Hall–Kier alpha value is -1.32. The Bertz CT molecular complexity index is 547. The summed E-state index contributed by atoms with van der Waals surface area (Å²) >= 11 is 0. The average Bonchev–Trinajstić information content (AvgIpc) is 2.43. The molecule has 1 aromatic carbocycles. The first-order chi connectivity index (χ1) is 11.0. The van der Waals surface area contributed by atoms with Crippen molar-refractivity contribution in [3.05, 3.63) is 23.8 Å². The zero-order valence-electron chi connectivity index (χ0n) is 15.9. The van der Waals surface area contributed by atoms with Crippen molar-refractivity contribution < 1.29 is 23.1 Å². The molecule has 0 unspecified atom stereocenters. The number of ether oxygens (including phenoxy) is 2. The molecule has 7 heteroatoms. The van der Waals surface area contributed by atoms with Gasteiger partial charge in [0.25, 0.3) is 0 Å². The van der Waals surface area contributed by atoms with E-state index in [1.54, 1.807) is 7.11 Å². The second-order valence-corrected chi connectivity index (χ2v) is 16.5. The van der Waals surface area contributed by atoms with Crippen molar-refractivity contribution in [1.82, 2.24) is 0 Å². The van der Waals surface area contributed by atoms with Crippen LogP contribution in [0.4, 0.5) is 0 Å². The number of rotatable bonds is 9. The number of methoxy groups -OCH3 is 1. The Kier molecular flexibility index (Phi) is 7.50. The summed E-state index contributed by atoms with van der Waals surface area (Å²) in [7, 11) is -1.68. The molecule has 0 aliphatic heterocycles. The first-order valence-corrected chi connectivity index (χ1v) is 15.0. The molecule has 0 radical (unpaired) electrons. The molecule has 1 rings (SSSR count). The Morgan fingerprint density at radius 3 is 2.21 bits per heavy atom. The van der Waals surface area contributed by atoms with E-state index in [-0.39, 0.29) is 19.0 Å². The summed E-state index contributed by atoms with van der Waals surface area (Å²) in [5.41, 5.74) is 0.870. The molecular weight excluding hydrogens is 340 g/mol.